The van der Waals surface area contributed by atoms with Gasteiger partial charge in [-0.1, -0.05) is 65.7 Å². The molecule has 0 fully saturated rings. The van der Waals surface area contributed by atoms with E-state index in [-0.39, 0.29) is 6.04 Å². The van der Waals surface area contributed by atoms with Gasteiger partial charge in [-0.2, -0.15) is 0 Å². The molecule has 0 bridgehead atoms. The molecule has 6 heteroatoms. The van der Waals surface area contributed by atoms with E-state index in [2.05, 4.69) is 59.1 Å². The van der Waals surface area contributed by atoms with Crippen LogP contribution in [0.1, 0.15) is 45.0 Å². The molecule has 0 saturated carbocycles. The third kappa shape index (κ3) is 6.76. The van der Waals surface area contributed by atoms with Crippen molar-refractivity contribution in [1.29, 1.82) is 0 Å². The fourth-order valence-electron chi connectivity index (χ4n) is 3.55. The highest BCUT2D eigenvalue weighted by molar-refractivity contribution is 9.10. The Bertz CT molecular complexity index is 1020. The van der Waals surface area contributed by atoms with Gasteiger partial charge in [0.1, 0.15) is 5.82 Å². The number of hydrogen-bond donors (Lipinski definition) is 1. The van der Waals surface area contributed by atoms with Crippen LogP contribution in [0.4, 0.5) is 5.82 Å². The average molecular weight is 502 g/mol. The van der Waals surface area contributed by atoms with Gasteiger partial charge >= 0.3 is 0 Å². The Kier molecular flexibility index (Phi) is 8.88. The number of nitrogens with zero attached hydrogens (tertiary/aromatic N) is 3. The molecule has 0 amide bonds. The van der Waals surface area contributed by atoms with Crippen LogP contribution in [0.3, 0.4) is 0 Å². The summed E-state index contributed by atoms with van der Waals surface area (Å²) in [4.78, 5) is 12.0. The second-order valence-corrected chi connectivity index (χ2v) is 8.99. The van der Waals surface area contributed by atoms with Gasteiger partial charge in [-0.3, -0.25) is 0 Å². The van der Waals surface area contributed by atoms with Crippen LogP contribution in [0.2, 0.25) is 5.02 Å². The zero-order valence-corrected chi connectivity index (χ0v) is 20.7. The summed E-state index contributed by atoms with van der Waals surface area (Å²) in [6.45, 7) is 9.93. The van der Waals surface area contributed by atoms with Gasteiger partial charge in [-0.05, 0) is 75.3 Å². The molecule has 1 atom stereocenters. The smallest absolute Gasteiger partial charge is 0.154 e. The monoisotopic (exact) mass is 500 g/mol. The largest absolute Gasteiger partial charge is 0.367 e. The van der Waals surface area contributed by atoms with Crippen LogP contribution in [0.15, 0.2) is 46.9 Å². The average Bonchev–Trinajstić information content (AvgIpc) is 2.76. The maximum atomic E-state index is 6.52. The molecule has 0 aliphatic heterocycles. The maximum Gasteiger partial charge on any atom is 0.154 e. The number of aromatic nitrogens is 2. The van der Waals surface area contributed by atoms with E-state index in [0.29, 0.717) is 10.8 Å². The number of anilines is 1. The van der Waals surface area contributed by atoms with E-state index in [1.807, 2.05) is 42.5 Å². The number of hydrogen-bond acceptors (Lipinski definition) is 4. The second kappa shape index (κ2) is 11.6. The van der Waals surface area contributed by atoms with E-state index in [9.17, 15) is 0 Å². The van der Waals surface area contributed by atoms with Crippen LogP contribution < -0.4 is 5.32 Å². The van der Waals surface area contributed by atoms with Crippen molar-refractivity contribution in [2.24, 2.45) is 0 Å². The lowest BCUT2D eigenvalue weighted by molar-refractivity contribution is 0.295. The molecule has 164 valence electrons. The van der Waals surface area contributed by atoms with Crippen molar-refractivity contribution in [2.75, 3.05) is 25.0 Å². The Hall–Kier alpha value is -1.95. The summed E-state index contributed by atoms with van der Waals surface area (Å²) < 4.78 is 1.06. The maximum absolute atomic E-state index is 6.52. The lowest BCUT2D eigenvalue weighted by atomic mass is 10.1. The fourth-order valence-corrected chi connectivity index (χ4v) is 4.07. The minimum atomic E-state index is 0.285. The molecular weight excluding hydrogens is 472 g/mol. The van der Waals surface area contributed by atoms with Crippen molar-refractivity contribution in [1.82, 2.24) is 14.9 Å². The predicted molar refractivity (Wildman–Crippen MR) is 138 cm³/mol. The van der Waals surface area contributed by atoms with Crippen LogP contribution in [0, 0.1) is 0 Å². The van der Waals surface area contributed by atoms with Gasteiger partial charge in [-0.15, -0.1) is 0 Å². The summed E-state index contributed by atoms with van der Waals surface area (Å²) in [5.41, 5.74) is 1.94. The van der Waals surface area contributed by atoms with E-state index >= 15 is 0 Å². The summed E-state index contributed by atoms with van der Waals surface area (Å²) in [5.74, 6) is 1.46. The van der Waals surface area contributed by atoms with Gasteiger partial charge < -0.3 is 10.2 Å². The lowest BCUT2D eigenvalue weighted by Crippen LogP contribution is -2.25. The standard InChI is InChI=1S/C25H30BrClN4/c1-4-31(5-2)17-7-8-18(3)28-25-24-21(27)9-6-10-22(24)29-23(30-25)16-13-19-11-14-20(26)15-12-19/h6,9-16,18H,4-5,7-8,17H2,1-3H3,(H,28,29,30)/b16-13+. The molecular formula is C25H30BrClN4. The zero-order valence-electron chi connectivity index (χ0n) is 18.4. The molecule has 1 heterocycles. The highest BCUT2D eigenvalue weighted by atomic mass is 79.9. The van der Waals surface area contributed by atoms with Gasteiger partial charge in [0.25, 0.3) is 0 Å². The quantitative estimate of drug-likeness (QED) is 0.320. The molecule has 1 unspecified atom stereocenters. The van der Waals surface area contributed by atoms with Gasteiger partial charge in [0.2, 0.25) is 0 Å². The topological polar surface area (TPSA) is 41.0 Å². The molecule has 1 N–H and O–H groups in total. The van der Waals surface area contributed by atoms with Crippen LogP contribution in [0.25, 0.3) is 23.1 Å². The molecule has 0 spiro atoms. The minimum Gasteiger partial charge on any atom is -0.367 e. The van der Waals surface area contributed by atoms with Gasteiger partial charge in [0.15, 0.2) is 5.82 Å². The first-order chi connectivity index (χ1) is 15.0. The number of benzene rings is 2. The molecule has 3 rings (SSSR count). The highest BCUT2D eigenvalue weighted by Gasteiger charge is 2.13. The van der Waals surface area contributed by atoms with Crippen molar-refractivity contribution in [3.05, 3.63) is 63.3 Å². The Morgan fingerprint density at radius 1 is 1.06 bits per heavy atom. The van der Waals surface area contributed by atoms with Gasteiger partial charge in [-0.25, -0.2) is 9.97 Å². The summed E-state index contributed by atoms with van der Waals surface area (Å²) in [7, 11) is 0. The molecule has 31 heavy (non-hydrogen) atoms. The van der Waals surface area contributed by atoms with Crippen LogP contribution in [-0.2, 0) is 0 Å². The van der Waals surface area contributed by atoms with Crippen molar-refractivity contribution in [3.63, 3.8) is 0 Å². The van der Waals surface area contributed by atoms with E-state index in [1.54, 1.807) is 0 Å². The minimum absolute atomic E-state index is 0.285. The molecule has 1 aromatic heterocycles. The summed E-state index contributed by atoms with van der Waals surface area (Å²) in [6, 6.07) is 14.2. The van der Waals surface area contributed by atoms with Gasteiger partial charge in [0.05, 0.1) is 15.9 Å². The Morgan fingerprint density at radius 2 is 1.81 bits per heavy atom. The van der Waals surface area contributed by atoms with E-state index in [1.165, 1.54) is 0 Å². The van der Waals surface area contributed by atoms with Crippen LogP contribution in [0.5, 0.6) is 0 Å². The third-order valence-electron chi connectivity index (χ3n) is 5.37. The molecule has 0 aliphatic carbocycles. The molecule has 0 radical (unpaired) electrons. The molecule has 2 aromatic carbocycles. The summed E-state index contributed by atoms with van der Waals surface area (Å²) in [5, 5.41) is 5.13. The van der Waals surface area contributed by atoms with Crippen LogP contribution in [-0.4, -0.2) is 40.5 Å². The van der Waals surface area contributed by atoms with Gasteiger partial charge in [0, 0.05) is 10.5 Å². The highest BCUT2D eigenvalue weighted by Crippen LogP contribution is 2.29. The molecule has 0 aliphatic rings. The van der Waals surface area contributed by atoms with Crippen molar-refractivity contribution in [2.45, 2.75) is 39.7 Å². The van der Waals surface area contributed by atoms with E-state index < -0.39 is 0 Å². The first-order valence-corrected chi connectivity index (χ1v) is 12.1. The number of halogens is 2. The Labute approximate surface area is 198 Å². The Balaban J connectivity index is 1.80. The lowest BCUT2D eigenvalue weighted by Gasteiger charge is -2.20. The summed E-state index contributed by atoms with van der Waals surface area (Å²) in [6.07, 6.45) is 6.18. The zero-order chi connectivity index (χ0) is 22.2. The first kappa shape index (κ1) is 23.7. The third-order valence-corrected chi connectivity index (χ3v) is 6.22. The Morgan fingerprint density at radius 3 is 2.52 bits per heavy atom. The second-order valence-electron chi connectivity index (χ2n) is 7.66. The van der Waals surface area contributed by atoms with Crippen molar-refractivity contribution in [3.8, 4) is 0 Å². The molecule has 4 nitrogen and oxygen atoms in total. The SMILES string of the molecule is CCN(CC)CCCC(C)Nc1nc(/C=C/c2ccc(Br)cc2)nc2cccc(Cl)c12. The van der Waals surface area contributed by atoms with E-state index in [4.69, 9.17) is 21.6 Å². The molecule has 0 saturated heterocycles. The number of nitrogens with one attached hydrogen (secondary N) is 1. The predicted octanol–water partition coefficient (Wildman–Crippen LogP) is 7.14. The normalized spacial score (nSPS) is 12.7. The van der Waals surface area contributed by atoms with Crippen molar-refractivity contribution >= 4 is 56.4 Å². The van der Waals surface area contributed by atoms with Crippen molar-refractivity contribution < 1.29 is 0 Å². The number of fused-ring (bicyclic) bond motifs is 1. The van der Waals surface area contributed by atoms with Crippen LogP contribution >= 0.6 is 27.5 Å². The number of rotatable bonds is 10. The van der Waals surface area contributed by atoms with E-state index in [0.717, 1.165) is 59.2 Å². The molecule has 3 aromatic rings. The summed E-state index contributed by atoms with van der Waals surface area (Å²) >= 11 is 9.99. The first-order valence-electron chi connectivity index (χ1n) is 10.9. The fraction of sp³-hybridized carbons (Fsp3) is 0.360.